The van der Waals surface area contributed by atoms with Gasteiger partial charge in [-0.2, -0.15) is 13.2 Å². The molecule has 14 heteroatoms. The second-order valence-corrected chi connectivity index (χ2v) is 8.95. The van der Waals surface area contributed by atoms with E-state index in [-0.39, 0.29) is 29.8 Å². The highest BCUT2D eigenvalue weighted by Gasteiger charge is 2.31. The average Bonchev–Trinajstić information content (AvgIpc) is 3.34. The van der Waals surface area contributed by atoms with Crippen molar-refractivity contribution >= 4 is 29.1 Å². The Labute approximate surface area is 226 Å². The van der Waals surface area contributed by atoms with Gasteiger partial charge in [0.05, 0.1) is 18.7 Å². The summed E-state index contributed by atoms with van der Waals surface area (Å²) in [4.78, 5) is 39.5. The first-order chi connectivity index (χ1) is 19.2. The second-order valence-electron chi connectivity index (χ2n) is 8.95. The van der Waals surface area contributed by atoms with E-state index >= 15 is 0 Å². The van der Waals surface area contributed by atoms with Crippen molar-refractivity contribution in [3.63, 3.8) is 0 Å². The number of carbonyl (C=O) groups is 2. The number of pyridine rings is 1. The number of alkyl halides is 3. The Bertz CT molecular complexity index is 1560. The lowest BCUT2D eigenvalue weighted by molar-refractivity contribution is -0.137. The van der Waals surface area contributed by atoms with E-state index in [0.29, 0.717) is 42.3 Å². The molecule has 1 aromatic carbocycles. The van der Waals surface area contributed by atoms with Crippen LogP contribution >= 0.6 is 0 Å². The number of anilines is 2. The van der Waals surface area contributed by atoms with E-state index in [0.717, 1.165) is 18.3 Å². The largest absolute Gasteiger partial charge is 0.416 e. The van der Waals surface area contributed by atoms with E-state index in [2.05, 4.69) is 20.6 Å². The summed E-state index contributed by atoms with van der Waals surface area (Å²) in [6.07, 6.45) is -0.862. The maximum Gasteiger partial charge on any atom is 0.416 e. The number of carbonyl (C=O) groups excluding carboxylic acids is 2. The van der Waals surface area contributed by atoms with E-state index in [1.54, 1.807) is 27.6 Å². The van der Waals surface area contributed by atoms with Crippen LogP contribution in [0.1, 0.15) is 34.8 Å². The molecular formula is C26H25F3N8O3. The van der Waals surface area contributed by atoms with Gasteiger partial charge in [-0.15, -0.1) is 0 Å². The lowest BCUT2D eigenvalue weighted by atomic mass is 10.1. The minimum absolute atomic E-state index is 0.188. The summed E-state index contributed by atoms with van der Waals surface area (Å²) in [7, 11) is 0. The molecule has 0 unspecified atom stereocenters. The lowest BCUT2D eigenvalue weighted by Crippen LogP contribution is -2.47. The van der Waals surface area contributed by atoms with Crippen molar-refractivity contribution in [1.82, 2.24) is 29.6 Å². The number of nitrogens with zero attached hydrogens (tertiary/aromatic N) is 5. The number of nitrogen functional groups attached to an aromatic ring is 1. The van der Waals surface area contributed by atoms with Gasteiger partial charge in [0.25, 0.3) is 5.91 Å². The number of aromatic nitrogens is 4. The first-order valence-electron chi connectivity index (χ1n) is 12.4. The van der Waals surface area contributed by atoms with Gasteiger partial charge in [0.1, 0.15) is 34.8 Å². The van der Waals surface area contributed by atoms with Crippen LogP contribution in [0, 0.1) is 0 Å². The number of rotatable bonds is 5. The van der Waals surface area contributed by atoms with Crippen molar-refractivity contribution in [2.75, 3.05) is 37.3 Å². The molecule has 1 aliphatic rings. The number of hydrogen-bond donors (Lipinski definition) is 3. The van der Waals surface area contributed by atoms with Gasteiger partial charge in [-0.1, -0.05) is 12.1 Å². The number of benzene rings is 1. The van der Waals surface area contributed by atoms with Crippen LogP contribution in [0.15, 0.2) is 55.0 Å². The van der Waals surface area contributed by atoms with Crippen LogP contribution in [0.3, 0.4) is 0 Å². The van der Waals surface area contributed by atoms with Crippen LogP contribution in [-0.2, 0) is 10.9 Å². The van der Waals surface area contributed by atoms with Crippen molar-refractivity contribution in [3.05, 3.63) is 71.9 Å². The number of morpholine rings is 1. The first kappa shape index (κ1) is 26.9. The van der Waals surface area contributed by atoms with Crippen LogP contribution in [0.4, 0.5) is 29.6 Å². The zero-order valence-corrected chi connectivity index (χ0v) is 21.3. The lowest BCUT2D eigenvalue weighted by Gasteiger charge is -2.32. The van der Waals surface area contributed by atoms with Crippen LogP contribution in [0.2, 0.25) is 0 Å². The average molecular weight is 555 g/mol. The van der Waals surface area contributed by atoms with E-state index in [1.807, 2.05) is 6.92 Å². The molecule has 11 nitrogen and oxygen atoms in total. The predicted octanol–water partition coefficient (Wildman–Crippen LogP) is 3.75. The third kappa shape index (κ3) is 5.38. The number of halogens is 3. The molecule has 0 bridgehead atoms. The Balaban J connectivity index is 1.42. The van der Waals surface area contributed by atoms with E-state index < -0.39 is 23.8 Å². The summed E-state index contributed by atoms with van der Waals surface area (Å²) < 4.78 is 46.7. The van der Waals surface area contributed by atoms with E-state index in [9.17, 15) is 22.8 Å². The number of fused-ring (bicyclic) bond motifs is 1. The summed E-state index contributed by atoms with van der Waals surface area (Å²) in [5.41, 5.74) is 7.14. The fourth-order valence-electron chi connectivity index (χ4n) is 4.41. The fraction of sp³-hybridized carbons (Fsp3) is 0.269. The van der Waals surface area contributed by atoms with Gasteiger partial charge < -0.3 is 26.0 Å². The van der Waals surface area contributed by atoms with Gasteiger partial charge in [-0.3, -0.25) is 9.20 Å². The minimum Gasteiger partial charge on any atom is -0.382 e. The normalized spacial score (nSPS) is 15.7. The molecule has 0 aliphatic carbocycles. The molecule has 0 spiro atoms. The van der Waals surface area contributed by atoms with Gasteiger partial charge in [0.15, 0.2) is 0 Å². The fourth-order valence-corrected chi connectivity index (χ4v) is 4.41. The third-order valence-corrected chi connectivity index (χ3v) is 6.33. The van der Waals surface area contributed by atoms with Crippen molar-refractivity contribution in [3.8, 4) is 11.3 Å². The first-order valence-corrected chi connectivity index (χ1v) is 12.4. The number of urea groups is 1. The van der Waals surface area contributed by atoms with Crippen LogP contribution in [0.25, 0.3) is 16.8 Å². The summed E-state index contributed by atoms with van der Waals surface area (Å²) in [6.45, 7) is 3.41. The van der Waals surface area contributed by atoms with Gasteiger partial charge in [0, 0.05) is 42.8 Å². The maximum atomic E-state index is 13.0. The Hall–Kier alpha value is -4.72. The number of nitrogens with two attached hydrogens (primary N) is 1. The molecule has 0 radical (unpaired) electrons. The molecule has 1 fully saturated rings. The topological polar surface area (TPSA) is 140 Å². The molecule has 208 valence electrons. The Morgan fingerprint density at radius 3 is 2.65 bits per heavy atom. The molecule has 1 saturated heterocycles. The number of nitrogens with one attached hydrogen (secondary N) is 2. The van der Waals surface area contributed by atoms with Crippen LogP contribution in [0.5, 0.6) is 0 Å². The highest BCUT2D eigenvalue weighted by Crippen LogP contribution is 2.33. The summed E-state index contributed by atoms with van der Waals surface area (Å²) in [5.74, 6) is -0.0896. The minimum atomic E-state index is -4.56. The number of ether oxygens (including phenoxy) is 1. The predicted molar refractivity (Wildman–Crippen MR) is 139 cm³/mol. The number of hydrogen-bond acceptors (Lipinski definition) is 7. The molecule has 0 saturated carbocycles. The molecule has 5 rings (SSSR count). The van der Waals surface area contributed by atoms with E-state index in [4.69, 9.17) is 15.5 Å². The zero-order valence-electron chi connectivity index (χ0n) is 21.3. The highest BCUT2D eigenvalue weighted by atomic mass is 19.4. The highest BCUT2D eigenvalue weighted by molar-refractivity contribution is 6.04. The standard InChI is InChI=1S/C26H25F3N8O3/c1-2-31-25(39)36-11-12-40-18(14-36)23-35-20(21-22(30)33-9-10-37(21)23)15-3-5-16(6-4-15)24(38)34-19-13-17(7-8-32-19)26(27,28)29/h3-10,13,18H,2,11-12,14H2,1H3,(H2,30,33)(H,31,39)(H,32,34,38)/t18-/m0/s1. The maximum absolute atomic E-state index is 13.0. The molecule has 4 aromatic rings. The van der Waals surface area contributed by atoms with Gasteiger partial charge in [0.2, 0.25) is 0 Å². The monoisotopic (exact) mass is 554 g/mol. The van der Waals surface area contributed by atoms with Crippen LogP contribution < -0.4 is 16.4 Å². The summed E-state index contributed by atoms with van der Waals surface area (Å²) >= 11 is 0. The van der Waals surface area contributed by atoms with E-state index in [1.165, 1.54) is 18.3 Å². The number of amides is 3. The van der Waals surface area contributed by atoms with Crippen LogP contribution in [-0.4, -0.2) is 62.4 Å². The zero-order chi connectivity index (χ0) is 28.4. The third-order valence-electron chi connectivity index (χ3n) is 6.33. The molecular weight excluding hydrogens is 529 g/mol. The second kappa shape index (κ2) is 10.8. The molecule has 4 heterocycles. The summed E-state index contributed by atoms with van der Waals surface area (Å²) in [5, 5.41) is 5.18. The Morgan fingerprint density at radius 1 is 1.15 bits per heavy atom. The molecule has 40 heavy (non-hydrogen) atoms. The number of imidazole rings is 1. The molecule has 1 aliphatic heterocycles. The Morgan fingerprint density at radius 2 is 1.93 bits per heavy atom. The quantitative estimate of drug-likeness (QED) is 0.341. The van der Waals surface area contributed by atoms with Gasteiger partial charge >= 0.3 is 12.2 Å². The summed E-state index contributed by atoms with van der Waals surface area (Å²) in [6, 6.07) is 7.73. The molecule has 3 aromatic heterocycles. The molecule has 1 atom stereocenters. The van der Waals surface area contributed by atoms with Crippen molar-refractivity contribution in [2.45, 2.75) is 19.2 Å². The van der Waals surface area contributed by atoms with Crippen molar-refractivity contribution in [2.24, 2.45) is 0 Å². The smallest absolute Gasteiger partial charge is 0.382 e. The Kier molecular flexibility index (Phi) is 7.26. The molecule has 3 amide bonds. The van der Waals surface area contributed by atoms with Gasteiger partial charge in [-0.25, -0.2) is 19.7 Å². The molecule has 4 N–H and O–H groups in total. The van der Waals surface area contributed by atoms with Crippen molar-refractivity contribution in [1.29, 1.82) is 0 Å². The SMILES string of the molecule is CCNC(=O)N1CCO[C@H](c2nc(-c3ccc(C(=O)Nc4cc(C(F)(F)F)ccn4)cc3)c3c(N)nccn23)C1. The van der Waals surface area contributed by atoms with Gasteiger partial charge in [-0.05, 0) is 31.2 Å². The van der Waals surface area contributed by atoms with Crippen molar-refractivity contribution < 1.29 is 27.5 Å².